The summed E-state index contributed by atoms with van der Waals surface area (Å²) >= 11 is 1.44. The zero-order valence-corrected chi connectivity index (χ0v) is 15.8. The maximum atomic E-state index is 12.4. The third-order valence-electron chi connectivity index (χ3n) is 3.93. The number of nitrogens with zero attached hydrogens (tertiary/aromatic N) is 1. The van der Waals surface area contributed by atoms with E-state index in [9.17, 15) is 9.59 Å². The van der Waals surface area contributed by atoms with Gasteiger partial charge in [0, 0.05) is 16.8 Å². The summed E-state index contributed by atoms with van der Waals surface area (Å²) in [4.78, 5) is 29.1. The van der Waals surface area contributed by atoms with E-state index in [1.54, 1.807) is 35.7 Å². The van der Waals surface area contributed by atoms with E-state index in [4.69, 9.17) is 4.74 Å². The molecule has 3 aromatic rings. The third kappa shape index (κ3) is 5.24. The fourth-order valence-corrected chi connectivity index (χ4v) is 3.23. The van der Waals surface area contributed by atoms with Gasteiger partial charge in [0.2, 0.25) is 0 Å². The summed E-state index contributed by atoms with van der Waals surface area (Å²) in [7, 11) is 0. The van der Waals surface area contributed by atoms with E-state index >= 15 is 0 Å². The highest BCUT2D eigenvalue weighted by Crippen LogP contribution is 2.18. The van der Waals surface area contributed by atoms with E-state index < -0.39 is 5.97 Å². The molecule has 0 spiro atoms. The van der Waals surface area contributed by atoms with E-state index in [2.05, 4.69) is 10.3 Å². The van der Waals surface area contributed by atoms with Crippen molar-refractivity contribution in [2.75, 3.05) is 11.9 Å². The van der Waals surface area contributed by atoms with Crippen LogP contribution in [0.15, 0.2) is 59.3 Å². The molecule has 1 aromatic carbocycles. The topological polar surface area (TPSA) is 68.3 Å². The van der Waals surface area contributed by atoms with Crippen molar-refractivity contribution in [3.63, 3.8) is 0 Å². The number of para-hydroxylation sites is 1. The molecule has 6 heteroatoms. The van der Waals surface area contributed by atoms with Crippen molar-refractivity contribution in [1.82, 2.24) is 4.98 Å². The van der Waals surface area contributed by atoms with Crippen LogP contribution >= 0.6 is 11.3 Å². The van der Waals surface area contributed by atoms with Crippen molar-refractivity contribution >= 4 is 28.9 Å². The lowest BCUT2D eigenvalue weighted by atomic mass is 10.1. The number of benzene rings is 1. The number of rotatable bonds is 7. The number of carbonyl (C=O) groups is 2. The fraction of sp³-hybridized carbons (Fsp3) is 0.190. The lowest BCUT2D eigenvalue weighted by molar-refractivity contribution is 0.0501. The molecule has 2 heterocycles. The number of pyridine rings is 1. The molecule has 0 fully saturated rings. The molecule has 0 saturated carbocycles. The summed E-state index contributed by atoms with van der Waals surface area (Å²) < 4.78 is 5.38. The Bertz CT molecular complexity index is 923. The Morgan fingerprint density at radius 1 is 1.11 bits per heavy atom. The quantitative estimate of drug-likeness (QED) is 0.484. The molecule has 0 radical (unpaired) electrons. The number of aromatic nitrogens is 1. The summed E-state index contributed by atoms with van der Waals surface area (Å²) in [5.41, 5.74) is 3.30. The standard InChI is InChI=1S/C21H20N2O3S/c1-15-6-4-7-17(22-15)8-5-12-26-21(25)18-9-2-3-10-19(18)23-20(24)16-11-13-27-14-16/h2-4,6-7,9-11,13-14H,5,8,12H2,1H3,(H,23,24). The molecule has 0 aliphatic rings. The van der Waals surface area contributed by atoms with Gasteiger partial charge in [-0.05, 0) is 55.5 Å². The molecule has 2 aromatic heterocycles. The minimum atomic E-state index is -0.451. The average molecular weight is 380 g/mol. The van der Waals surface area contributed by atoms with Gasteiger partial charge in [0.05, 0.1) is 23.4 Å². The van der Waals surface area contributed by atoms with Crippen LogP contribution in [0.25, 0.3) is 0 Å². The molecule has 3 rings (SSSR count). The molecule has 0 bridgehead atoms. The van der Waals surface area contributed by atoms with Crippen LogP contribution in [0.3, 0.4) is 0 Å². The zero-order valence-electron chi connectivity index (χ0n) is 15.0. The second-order valence-corrected chi connectivity index (χ2v) is 6.80. The van der Waals surface area contributed by atoms with Crippen molar-refractivity contribution in [2.24, 2.45) is 0 Å². The molecule has 1 N–H and O–H groups in total. The zero-order chi connectivity index (χ0) is 19.1. The minimum absolute atomic E-state index is 0.248. The van der Waals surface area contributed by atoms with Gasteiger partial charge in [0.25, 0.3) is 5.91 Å². The van der Waals surface area contributed by atoms with Crippen molar-refractivity contribution < 1.29 is 14.3 Å². The average Bonchev–Trinajstić information content (AvgIpc) is 3.20. The third-order valence-corrected chi connectivity index (χ3v) is 4.62. The maximum Gasteiger partial charge on any atom is 0.340 e. The fourth-order valence-electron chi connectivity index (χ4n) is 2.59. The lowest BCUT2D eigenvalue weighted by Crippen LogP contribution is -2.15. The van der Waals surface area contributed by atoms with Crippen LogP contribution in [0.2, 0.25) is 0 Å². The van der Waals surface area contributed by atoms with Crippen LogP contribution in [0.4, 0.5) is 5.69 Å². The normalized spacial score (nSPS) is 10.4. The van der Waals surface area contributed by atoms with Gasteiger partial charge in [-0.1, -0.05) is 18.2 Å². The van der Waals surface area contributed by atoms with E-state index in [0.717, 1.165) is 17.8 Å². The molecule has 138 valence electrons. The monoisotopic (exact) mass is 380 g/mol. The molecule has 0 atom stereocenters. The Balaban J connectivity index is 1.56. The summed E-state index contributed by atoms with van der Waals surface area (Å²) in [6, 6.07) is 14.5. The number of aryl methyl sites for hydroxylation is 2. The molecule has 27 heavy (non-hydrogen) atoms. The first-order valence-corrected chi connectivity index (χ1v) is 9.60. The van der Waals surface area contributed by atoms with Gasteiger partial charge >= 0.3 is 5.97 Å². The molecular formula is C21H20N2O3S. The van der Waals surface area contributed by atoms with Crippen LogP contribution in [-0.4, -0.2) is 23.5 Å². The number of esters is 1. The summed E-state index contributed by atoms with van der Waals surface area (Å²) in [5, 5.41) is 6.36. The number of anilines is 1. The summed E-state index contributed by atoms with van der Waals surface area (Å²) in [6.07, 6.45) is 1.43. The van der Waals surface area contributed by atoms with Gasteiger partial charge in [-0.15, -0.1) is 0 Å². The van der Waals surface area contributed by atoms with Gasteiger partial charge < -0.3 is 10.1 Å². The molecule has 0 unspecified atom stereocenters. The predicted octanol–water partition coefficient (Wildman–Crippen LogP) is 4.49. The molecule has 5 nitrogen and oxygen atoms in total. The molecule has 0 saturated heterocycles. The van der Waals surface area contributed by atoms with Crippen LogP contribution in [0.1, 0.15) is 38.5 Å². The second-order valence-electron chi connectivity index (χ2n) is 6.02. The van der Waals surface area contributed by atoms with Crippen molar-refractivity contribution in [1.29, 1.82) is 0 Å². The summed E-state index contributed by atoms with van der Waals surface area (Å²) in [6.45, 7) is 2.24. The number of carbonyl (C=O) groups excluding carboxylic acids is 2. The van der Waals surface area contributed by atoms with Crippen molar-refractivity contribution in [3.8, 4) is 0 Å². The highest BCUT2D eigenvalue weighted by molar-refractivity contribution is 7.08. The number of thiophene rings is 1. The van der Waals surface area contributed by atoms with Crippen molar-refractivity contribution in [3.05, 3.63) is 81.8 Å². The number of ether oxygens (including phenoxy) is 1. The Hall–Kier alpha value is -2.99. The smallest absolute Gasteiger partial charge is 0.340 e. The second kappa shape index (κ2) is 9.09. The van der Waals surface area contributed by atoms with Gasteiger partial charge in [0.15, 0.2) is 0 Å². The van der Waals surface area contributed by atoms with Gasteiger partial charge in [0.1, 0.15) is 0 Å². The highest BCUT2D eigenvalue weighted by Gasteiger charge is 2.15. The first-order valence-electron chi connectivity index (χ1n) is 8.66. The predicted molar refractivity (Wildman–Crippen MR) is 106 cm³/mol. The number of amides is 1. The van der Waals surface area contributed by atoms with Crippen LogP contribution in [-0.2, 0) is 11.2 Å². The van der Waals surface area contributed by atoms with E-state index in [0.29, 0.717) is 29.8 Å². The minimum Gasteiger partial charge on any atom is -0.462 e. The van der Waals surface area contributed by atoms with E-state index in [1.807, 2.05) is 30.5 Å². The van der Waals surface area contributed by atoms with Gasteiger partial charge in [-0.3, -0.25) is 9.78 Å². The van der Waals surface area contributed by atoms with E-state index in [1.165, 1.54) is 11.3 Å². The number of nitrogens with one attached hydrogen (secondary N) is 1. The Morgan fingerprint density at radius 2 is 1.96 bits per heavy atom. The first kappa shape index (κ1) is 18.8. The Kier molecular flexibility index (Phi) is 6.33. The Labute approximate surface area is 162 Å². The van der Waals surface area contributed by atoms with Gasteiger partial charge in [-0.25, -0.2) is 4.79 Å². The molecule has 0 aliphatic heterocycles. The molecule has 0 aliphatic carbocycles. The first-order chi connectivity index (χ1) is 13.1. The number of hydrogen-bond donors (Lipinski definition) is 1. The van der Waals surface area contributed by atoms with Gasteiger partial charge in [-0.2, -0.15) is 11.3 Å². The van der Waals surface area contributed by atoms with Crippen molar-refractivity contribution in [2.45, 2.75) is 19.8 Å². The number of hydrogen-bond acceptors (Lipinski definition) is 5. The lowest BCUT2D eigenvalue weighted by Gasteiger charge is -2.10. The summed E-state index contributed by atoms with van der Waals surface area (Å²) in [5.74, 6) is -0.699. The molecular weight excluding hydrogens is 360 g/mol. The SMILES string of the molecule is Cc1cccc(CCCOC(=O)c2ccccc2NC(=O)c2ccsc2)n1. The molecule has 1 amide bonds. The van der Waals surface area contributed by atoms with Crippen LogP contribution in [0.5, 0.6) is 0 Å². The Morgan fingerprint density at radius 3 is 2.74 bits per heavy atom. The van der Waals surface area contributed by atoms with Crippen LogP contribution in [0, 0.1) is 6.92 Å². The van der Waals surface area contributed by atoms with Crippen LogP contribution < -0.4 is 5.32 Å². The highest BCUT2D eigenvalue weighted by atomic mass is 32.1. The van der Waals surface area contributed by atoms with E-state index in [-0.39, 0.29) is 5.91 Å². The largest absolute Gasteiger partial charge is 0.462 e. The maximum absolute atomic E-state index is 12.4.